The van der Waals surface area contributed by atoms with Crippen LogP contribution in [0.15, 0.2) is 5.38 Å². The molecule has 0 aromatic carbocycles. The van der Waals surface area contributed by atoms with Gasteiger partial charge in [0, 0.05) is 0 Å². The summed E-state index contributed by atoms with van der Waals surface area (Å²) in [6.07, 6.45) is -4.09. The van der Waals surface area contributed by atoms with Gasteiger partial charge in [0.2, 0.25) is 0 Å². The molecule has 1 radical (unpaired) electrons. The molecule has 1 aromatic rings. The largest absolute Gasteiger partial charge is 0.493 e. The van der Waals surface area contributed by atoms with Gasteiger partial charge in [0.25, 0.3) is 0 Å². The minimum atomic E-state index is -4.79. The normalized spacial score (nSPS) is 11.2. The van der Waals surface area contributed by atoms with Crippen molar-refractivity contribution >= 4 is 23.8 Å². The summed E-state index contributed by atoms with van der Waals surface area (Å²) in [7, 11) is 0. The number of amides is 1. The second-order valence-electron chi connectivity index (χ2n) is 1.66. The third-order valence-electron chi connectivity index (χ3n) is 0.922. The Morgan fingerprint density at radius 1 is 1.58 bits per heavy atom. The molecule has 65 valence electrons. The van der Waals surface area contributed by atoms with Crippen LogP contribution in [-0.2, 0) is 4.79 Å². The fraction of sp³-hybridized carbons (Fsp3) is 0.250. The Balaban J connectivity index is 2.91. The van der Waals surface area contributed by atoms with Crippen molar-refractivity contribution in [2.75, 3.05) is 4.90 Å². The molecule has 0 unspecified atom stereocenters. The molecule has 0 fully saturated rings. The molecule has 0 saturated carbocycles. The highest BCUT2D eigenvalue weighted by molar-refractivity contribution is 7.03. The summed E-state index contributed by atoms with van der Waals surface area (Å²) in [5, 5.41) is 4.06. The predicted molar refractivity (Wildman–Crippen MR) is 34.1 cm³/mol. The molecular weight excluding hydrogens is 195 g/mol. The van der Waals surface area contributed by atoms with Crippen molar-refractivity contribution in [2.45, 2.75) is 6.30 Å². The van der Waals surface area contributed by atoms with Gasteiger partial charge in [0.15, 0.2) is 5.82 Å². The molecule has 0 saturated heterocycles. The van der Waals surface area contributed by atoms with Crippen LogP contribution < -0.4 is 4.90 Å². The lowest BCUT2D eigenvalue weighted by Gasteiger charge is -2.14. The maximum Gasteiger partial charge on any atom is 0.493 e. The van der Waals surface area contributed by atoms with E-state index in [-0.39, 0.29) is 0 Å². The highest BCUT2D eigenvalue weighted by Crippen LogP contribution is 2.25. The Bertz CT molecular complexity index is 259. The van der Waals surface area contributed by atoms with Crippen molar-refractivity contribution in [1.82, 2.24) is 9.59 Å². The van der Waals surface area contributed by atoms with E-state index >= 15 is 0 Å². The molecule has 0 aliphatic carbocycles. The standard InChI is InChI=1S/C4HF3N3OS/c5-4(6,7)10(2-11)3-1-12-9-8-3/h1H. The van der Waals surface area contributed by atoms with Crippen LogP contribution in [0.4, 0.5) is 19.0 Å². The zero-order valence-corrected chi connectivity index (χ0v) is 6.19. The van der Waals surface area contributed by atoms with Gasteiger partial charge in [-0.15, -0.1) is 18.3 Å². The van der Waals surface area contributed by atoms with Gasteiger partial charge < -0.3 is 0 Å². The van der Waals surface area contributed by atoms with Crippen molar-refractivity contribution < 1.29 is 18.0 Å². The zero-order chi connectivity index (χ0) is 9.19. The van der Waals surface area contributed by atoms with Crippen molar-refractivity contribution in [3.63, 3.8) is 0 Å². The third-order valence-corrected chi connectivity index (χ3v) is 1.41. The number of nitrogens with zero attached hydrogens (tertiary/aromatic N) is 3. The number of anilines is 1. The van der Waals surface area contributed by atoms with Crippen LogP contribution in [0.25, 0.3) is 0 Å². The Hall–Kier alpha value is -1.18. The van der Waals surface area contributed by atoms with E-state index in [1.54, 1.807) is 0 Å². The molecule has 0 aliphatic heterocycles. The van der Waals surface area contributed by atoms with Crippen molar-refractivity contribution in [3.8, 4) is 0 Å². The first-order valence-electron chi connectivity index (χ1n) is 2.57. The molecule has 0 N–H and O–H groups in total. The fourth-order valence-electron chi connectivity index (χ4n) is 0.486. The minimum Gasteiger partial charge on any atom is -0.263 e. The molecule has 0 atom stereocenters. The first-order valence-corrected chi connectivity index (χ1v) is 3.41. The highest BCUT2D eigenvalue weighted by atomic mass is 32.1. The van der Waals surface area contributed by atoms with Gasteiger partial charge in [-0.25, -0.2) is 0 Å². The summed E-state index contributed by atoms with van der Waals surface area (Å²) in [4.78, 5) is 9.29. The van der Waals surface area contributed by atoms with Gasteiger partial charge in [0.1, 0.15) is 0 Å². The Kier molecular flexibility index (Phi) is 2.27. The summed E-state index contributed by atoms with van der Waals surface area (Å²) in [5.74, 6) is -0.567. The lowest BCUT2D eigenvalue weighted by Crippen LogP contribution is -2.36. The van der Waals surface area contributed by atoms with Crippen LogP contribution in [0.3, 0.4) is 0 Å². The van der Waals surface area contributed by atoms with Crippen LogP contribution in [0.5, 0.6) is 0 Å². The number of hydrogen-bond acceptors (Lipinski definition) is 4. The van der Waals surface area contributed by atoms with E-state index in [2.05, 4.69) is 9.59 Å². The molecular formula is C4HF3N3OS. The molecule has 1 aromatic heterocycles. The van der Waals surface area contributed by atoms with E-state index in [0.717, 1.165) is 16.9 Å². The van der Waals surface area contributed by atoms with Gasteiger partial charge in [-0.05, 0) is 11.5 Å². The van der Waals surface area contributed by atoms with E-state index < -0.39 is 17.0 Å². The van der Waals surface area contributed by atoms with Crippen LogP contribution in [0, 0.1) is 0 Å². The molecule has 0 bridgehead atoms. The molecule has 8 heteroatoms. The average molecular weight is 196 g/mol. The molecule has 1 heterocycles. The lowest BCUT2D eigenvalue weighted by molar-refractivity contribution is -0.118. The number of alkyl halides is 3. The van der Waals surface area contributed by atoms with E-state index in [4.69, 9.17) is 0 Å². The van der Waals surface area contributed by atoms with Crippen molar-refractivity contribution in [3.05, 3.63) is 5.38 Å². The number of aromatic nitrogens is 2. The van der Waals surface area contributed by atoms with Crippen LogP contribution in [-0.4, -0.2) is 22.3 Å². The summed E-state index contributed by atoms with van der Waals surface area (Å²) in [5.41, 5.74) is 0. The molecule has 1 amide bonds. The number of carbonyl (C=O) groups excluding carboxylic acids is 1. The second-order valence-corrected chi connectivity index (χ2v) is 2.27. The quantitative estimate of drug-likeness (QED) is 0.522. The van der Waals surface area contributed by atoms with Gasteiger partial charge in [-0.1, -0.05) is 4.49 Å². The topological polar surface area (TPSA) is 46.1 Å². The van der Waals surface area contributed by atoms with Gasteiger partial charge >= 0.3 is 12.7 Å². The van der Waals surface area contributed by atoms with E-state index in [1.807, 2.05) is 0 Å². The van der Waals surface area contributed by atoms with Gasteiger partial charge in [0.05, 0.1) is 5.38 Å². The minimum absolute atomic E-state index is 0.567. The summed E-state index contributed by atoms with van der Waals surface area (Å²) >= 11 is 0.718. The highest BCUT2D eigenvalue weighted by Gasteiger charge is 2.39. The summed E-state index contributed by atoms with van der Waals surface area (Å²) < 4.78 is 38.8. The number of halogens is 3. The molecule has 12 heavy (non-hydrogen) atoms. The summed E-state index contributed by atoms with van der Waals surface area (Å²) in [6.45, 7) is 0. The van der Waals surface area contributed by atoms with Gasteiger partial charge in [-0.3, -0.25) is 4.79 Å². The summed E-state index contributed by atoms with van der Waals surface area (Å²) in [6, 6.07) is 0. The predicted octanol–water partition coefficient (Wildman–Crippen LogP) is 0.931. The number of rotatable bonds is 2. The van der Waals surface area contributed by atoms with Crippen molar-refractivity contribution in [2.24, 2.45) is 0 Å². The molecule has 0 spiro atoms. The third kappa shape index (κ3) is 1.70. The van der Waals surface area contributed by atoms with Crippen molar-refractivity contribution in [1.29, 1.82) is 0 Å². The molecule has 0 aliphatic rings. The zero-order valence-electron chi connectivity index (χ0n) is 5.37. The maximum absolute atomic E-state index is 11.9. The monoisotopic (exact) mass is 196 g/mol. The Labute approximate surface area is 68.8 Å². The van der Waals surface area contributed by atoms with Crippen LogP contribution in [0.2, 0.25) is 0 Å². The van der Waals surface area contributed by atoms with Gasteiger partial charge in [-0.2, -0.15) is 4.90 Å². The first kappa shape index (κ1) is 8.91. The van der Waals surface area contributed by atoms with E-state index in [9.17, 15) is 18.0 Å². The lowest BCUT2D eigenvalue weighted by atomic mass is 10.7. The first-order chi connectivity index (χ1) is 5.55. The Morgan fingerprint density at radius 2 is 2.25 bits per heavy atom. The second kappa shape index (κ2) is 3.05. The Morgan fingerprint density at radius 3 is 2.58 bits per heavy atom. The number of hydrogen-bond donors (Lipinski definition) is 0. The van der Waals surface area contributed by atoms with Crippen LogP contribution in [0.1, 0.15) is 0 Å². The van der Waals surface area contributed by atoms with E-state index in [0.29, 0.717) is 6.41 Å². The SMILES string of the molecule is O=[C]N(c1csnn1)C(F)(F)F. The van der Waals surface area contributed by atoms with Crippen LogP contribution >= 0.6 is 11.5 Å². The maximum atomic E-state index is 11.9. The smallest absolute Gasteiger partial charge is 0.263 e. The fourth-order valence-corrected chi connectivity index (χ4v) is 0.910. The van der Waals surface area contributed by atoms with E-state index in [1.165, 1.54) is 0 Å². The molecule has 1 rings (SSSR count). The molecule has 4 nitrogen and oxygen atoms in total. The average Bonchev–Trinajstić information content (AvgIpc) is 2.38.